The highest BCUT2D eigenvalue weighted by Crippen LogP contribution is 2.49. The average molecular weight is 413 g/mol. The molecular formula is C26H38P2. The summed E-state index contributed by atoms with van der Waals surface area (Å²) in [7, 11) is 2.84. The van der Waals surface area contributed by atoms with E-state index in [0.717, 1.165) is 0 Å². The monoisotopic (exact) mass is 412 g/mol. The second-order valence-corrected chi connectivity index (χ2v) is 14.8. The summed E-state index contributed by atoms with van der Waals surface area (Å²) >= 11 is 0. The third-order valence-corrected chi connectivity index (χ3v) is 8.83. The van der Waals surface area contributed by atoms with Crippen molar-refractivity contribution in [2.45, 2.75) is 83.1 Å². The maximum atomic E-state index is 2.53. The molecule has 152 valence electrons. The van der Waals surface area contributed by atoms with Crippen molar-refractivity contribution in [3.63, 3.8) is 0 Å². The van der Waals surface area contributed by atoms with Gasteiger partial charge in [0, 0.05) is 20.5 Å². The first-order valence-electron chi connectivity index (χ1n) is 10.5. The summed E-state index contributed by atoms with van der Waals surface area (Å²) in [6, 6.07) is 0. The molecule has 0 spiro atoms. The molecule has 0 atom stereocenters. The van der Waals surface area contributed by atoms with E-state index in [9.17, 15) is 0 Å². The number of allylic oxidation sites excluding steroid dienone is 4. The van der Waals surface area contributed by atoms with Gasteiger partial charge in [-0.2, -0.15) is 0 Å². The van der Waals surface area contributed by atoms with Crippen LogP contribution in [0.4, 0.5) is 0 Å². The van der Waals surface area contributed by atoms with Crippen molar-refractivity contribution in [2.75, 3.05) is 0 Å². The maximum absolute atomic E-state index is 2.53. The van der Waals surface area contributed by atoms with E-state index in [4.69, 9.17) is 0 Å². The Hall–Kier alpha value is -0.700. The van der Waals surface area contributed by atoms with Crippen LogP contribution in [0.25, 0.3) is 22.3 Å². The molecule has 3 rings (SSSR count). The molecule has 0 aliphatic heterocycles. The number of hydrogen-bond acceptors (Lipinski definition) is 0. The molecule has 0 bridgehead atoms. The molecule has 0 fully saturated rings. The van der Waals surface area contributed by atoms with Crippen molar-refractivity contribution in [3.05, 3.63) is 32.6 Å². The fourth-order valence-corrected chi connectivity index (χ4v) is 8.07. The molecule has 1 aromatic rings. The quantitative estimate of drug-likeness (QED) is 0.403. The van der Waals surface area contributed by atoms with Crippen LogP contribution >= 0.6 is 16.4 Å². The van der Waals surface area contributed by atoms with Crippen molar-refractivity contribution in [1.82, 2.24) is 0 Å². The molecule has 0 saturated heterocycles. The number of hydrogen-bond donors (Lipinski definition) is 0. The molecule has 0 N–H and O–H groups in total. The van der Waals surface area contributed by atoms with Crippen molar-refractivity contribution in [2.24, 2.45) is 21.7 Å². The van der Waals surface area contributed by atoms with Crippen molar-refractivity contribution >= 4 is 38.7 Å². The van der Waals surface area contributed by atoms with E-state index in [1.807, 2.05) is 0 Å². The molecule has 1 heterocycles. The van der Waals surface area contributed by atoms with E-state index < -0.39 is 0 Å². The zero-order valence-corrected chi connectivity index (χ0v) is 21.8. The molecule has 2 heteroatoms. The summed E-state index contributed by atoms with van der Waals surface area (Å²) in [6.07, 6.45) is 5.06. The van der Waals surface area contributed by atoms with Crippen LogP contribution in [0.2, 0.25) is 0 Å². The Labute approximate surface area is 176 Å². The van der Waals surface area contributed by atoms with Gasteiger partial charge in [0.15, 0.2) is 0 Å². The van der Waals surface area contributed by atoms with Crippen molar-refractivity contribution in [1.29, 1.82) is 0 Å². The van der Waals surface area contributed by atoms with E-state index in [-0.39, 0.29) is 21.7 Å². The van der Waals surface area contributed by atoms with E-state index in [2.05, 4.69) is 95.2 Å². The second-order valence-electron chi connectivity index (χ2n) is 12.6. The Balaban J connectivity index is 2.47. The lowest BCUT2D eigenvalue weighted by Gasteiger charge is -2.23. The summed E-state index contributed by atoms with van der Waals surface area (Å²) < 4.78 is 0. The molecule has 0 nitrogen and oxygen atoms in total. The minimum Gasteiger partial charge on any atom is -0.0578 e. The number of fused-ring (bicyclic) bond motifs is 2. The van der Waals surface area contributed by atoms with Gasteiger partial charge in [0.25, 0.3) is 0 Å². The Morgan fingerprint density at radius 2 is 0.750 bits per heavy atom. The predicted molar refractivity (Wildman–Crippen MR) is 131 cm³/mol. The van der Waals surface area contributed by atoms with Crippen LogP contribution in [-0.4, -0.2) is 0 Å². The summed E-state index contributed by atoms with van der Waals surface area (Å²) in [5.41, 5.74) is 6.89. The second kappa shape index (κ2) is 6.40. The van der Waals surface area contributed by atoms with Crippen LogP contribution in [0.5, 0.6) is 0 Å². The largest absolute Gasteiger partial charge is 0.0578 e. The standard InChI is InChI=1S/C26H38P2/c1-23(2,3)15-13-16(24(4,5)6)20-19(15)27-21-17(25(7,8)9)14-18(22(21)28-20)26(10,11)12/h13-14H,1-12H3. The van der Waals surface area contributed by atoms with Crippen LogP contribution in [0, 0.1) is 21.7 Å². The summed E-state index contributed by atoms with van der Waals surface area (Å²) in [4.78, 5) is 3.17. The third kappa shape index (κ3) is 3.73. The summed E-state index contributed by atoms with van der Waals surface area (Å²) in [6.45, 7) is 28.4. The van der Waals surface area contributed by atoms with Gasteiger partial charge < -0.3 is 0 Å². The van der Waals surface area contributed by atoms with Gasteiger partial charge in [-0.25, -0.2) is 0 Å². The van der Waals surface area contributed by atoms with Gasteiger partial charge in [-0.1, -0.05) is 112 Å². The highest BCUT2D eigenvalue weighted by Gasteiger charge is 2.34. The molecule has 0 unspecified atom stereocenters. The van der Waals surface area contributed by atoms with E-state index in [1.54, 1.807) is 42.8 Å². The smallest absolute Gasteiger partial charge is 0.0183 e. The summed E-state index contributed by atoms with van der Waals surface area (Å²) in [5.74, 6) is 0. The molecule has 28 heavy (non-hydrogen) atoms. The minimum atomic E-state index is 0.176. The lowest BCUT2D eigenvalue weighted by molar-refractivity contribution is 0.561. The van der Waals surface area contributed by atoms with Gasteiger partial charge in [-0.05, 0) is 44.0 Å². The van der Waals surface area contributed by atoms with Gasteiger partial charge in [0.1, 0.15) is 0 Å². The summed E-state index contributed by atoms with van der Waals surface area (Å²) in [5, 5.41) is 3.17. The highest BCUT2D eigenvalue weighted by atomic mass is 31.0. The normalized spacial score (nSPS) is 18.1. The predicted octanol–water partition coefficient (Wildman–Crippen LogP) is 8.13. The Morgan fingerprint density at radius 3 is 0.964 bits per heavy atom. The molecular weight excluding hydrogens is 374 g/mol. The lowest BCUT2D eigenvalue weighted by atomic mass is 9.83. The molecule has 2 aliphatic rings. The fourth-order valence-electron chi connectivity index (χ4n) is 4.04. The Morgan fingerprint density at radius 1 is 0.464 bits per heavy atom. The minimum absolute atomic E-state index is 0.176. The van der Waals surface area contributed by atoms with Gasteiger partial charge >= 0.3 is 0 Å². The third-order valence-electron chi connectivity index (χ3n) is 5.73. The molecule has 1 aromatic heterocycles. The SMILES string of the molecule is CC(C)(C)C1=CC(C(C)(C)C)=c2pc3c(pc21)=C(C(C)(C)C)C=C3C(C)(C)C. The van der Waals surface area contributed by atoms with E-state index in [0.29, 0.717) is 0 Å². The van der Waals surface area contributed by atoms with E-state index in [1.165, 1.54) is 16.4 Å². The van der Waals surface area contributed by atoms with Gasteiger partial charge in [0.2, 0.25) is 0 Å². The lowest BCUT2D eigenvalue weighted by Crippen LogP contribution is -2.19. The fraction of sp³-hybridized carbons (Fsp3) is 0.615. The first kappa shape index (κ1) is 22.0. The zero-order chi connectivity index (χ0) is 21.4. The Kier molecular flexibility index (Phi) is 5.03. The first-order chi connectivity index (χ1) is 12.4. The van der Waals surface area contributed by atoms with E-state index >= 15 is 0 Å². The number of rotatable bonds is 0. The van der Waals surface area contributed by atoms with Crippen LogP contribution in [0.1, 0.15) is 93.7 Å². The highest BCUT2D eigenvalue weighted by molar-refractivity contribution is 7.38. The first-order valence-corrected chi connectivity index (χ1v) is 12.3. The maximum Gasteiger partial charge on any atom is 0.0183 e. The van der Waals surface area contributed by atoms with Gasteiger partial charge in [-0.15, -0.1) is 0 Å². The van der Waals surface area contributed by atoms with Crippen molar-refractivity contribution < 1.29 is 0 Å². The topological polar surface area (TPSA) is 0 Å². The molecule has 0 amide bonds. The van der Waals surface area contributed by atoms with Crippen LogP contribution < -0.4 is 9.90 Å². The van der Waals surface area contributed by atoms with Gasteiger partial charge in [0.05, 0.1) is 0 Å². The van der Waals surface area contributed by atoms with Gasteiger partial charge in [-0.3, -0.25) is 0 Å². The van der Waals surface area contributed by atoms with Crippen LogP contribution in [0.15, 0.2) is 12.2 Å². The molecule has 0 saturated carbocycles. The molecule has 2 aliphatic carbocycles. The zero-order valence-electron chi connectivity index (χ0n) is 20.0. The molecule has 0 radical (unpaired) electrons. The van der Waals surface area contributed by atoms with Crippen LogP contribution in [-0.2, 0) is 0 Å². The Bertz CT molecular complexity index is 933. The van der Waals surface area contributed by atoms with Crippen molar-refractivity contribution in [3.8, 4) is 0 Å². The average Bonchev–Trinajstić information content (AvgIpc) is 3.00. The van der Waals surface area contributed by atoms with Crippen LogP contribution in [0.3, 0.4) is 0 Å². The molecule has 0 aromatic carbocycles.